The minimum atomic E-state index is -4.69. The molecule has 1 aromatic carbocycles. The van der Waals surface area contributed by atoms with Crippen molar-refractivity contribution in [1.82, 2.24) is 9.78 Å². The maximum Gasteiger partial charge on any atom is 0.573 e. The number of ether oxygens (including phenoxy) is 1. The molecular weight excluding hydrogens is 247 g/mol. The molecule has 96 valence electrons. The monoisotopic (exact) mass is 257 g/mol. The van der Waals surface area contributed by atoms with Crippen LogP contribution in [0.1, 0.15) is 0 Å². The van der Waals surface area contributed by atoms with E-state index in [9.17, 15) is 13.2 Å². The van der Waals surface area contributed by atoms with Crippen LogP contribution in [0.25, 0.3) is 11.3 Å². The SMILES string of the molecule is Cn1cc(N)c(-c2ccc(OC(F)(F)F)cc2)n1. The second-order valence-electron chi connectivity index (χ2n) is 3.68. The largest absolute Gasteiger partial charge is 0.573 e. The van der Waals surface area contributed by atoms with Crippen molar-refractivity contribution in [3.05, 3.63) is 30.5 Å². The second kappa shape index (κ2) is 4.25. The van der Waals surface area contributed by atoms with Gasteiger partial charge in [-0.05, 0) is 24.3 Å². The average Bonchev–Trinajstić information content (AvgIpc) is 2.57. The molecule has 4 nitrogen and oxygen atoms in total. The van der Waals surface area contributed by atoms with Crippen LogP contribution in [-0.2, 0) is 7.05 Å². The van der Waals surface area contributed by atoms with Crippen LogP contribution in [0, 0.1) is 0 Å². The normalized spacial score (nSPS) is 11.6. The van der Waals surface area contributed by atoms with E-state index >= 15 is 0 Å². The van der Waals surface area contributed by atoms with Crippen molar-refractivity contribution in [3.63, 3.8) is 0 Å². The van der Waals surface area contributed by atoms with Gasteiger partial charge in [-0.1, -0.05) is 0 Å². The lowest BCUT2D eigenvalue weighted by Crippen LogP contribution is -2.16. The fourth-order valence-corrected chi connectivity index (χ4v) is 1.55. The summed E-state index contributed by atoms with van der Waals surface area (Å²) in [6.07, 6.45) is -3.07. The third-order valence-electron chi connectivity index (χ3n) is 2.22. The Morgan fingerprint density at radius 2 is 1.83 bits per heavy atom. The molecule has 0 aliphatic carbocycles. The number of anilines is 1. The molecule has 1 aromatic heterocycles. The maximum absolute atomic E-state index is 12.0. The van der Waals surface area contributed by atoms with Gasteiger partial charge >= 0.3 is 6.36 Å². The average molecular weight is 257 g/mol. The van der Waals surface area contributed by atoms with Crippen molar-refractivity contribution in [2.24, 2.45) is 7.05 Å². The molecule has 0 amide bonds. The number of halogens is 3. The third-order valence-corrected chi connectivity index (χ3v) is 2.22. The van der Waals surface area contributed by atoms with Gasteiger partial charge in [-0.15, -0.1) is 13.2 Å². The van der Waals surface area contributed by atoms with E-state index in [-0.39, 0.29) is 5.75 Å². The van der Waals surface area contributed by atoms with E-state index in [1.54, 1.807) is 13.2 Å². The van der Waals surface area contributed by atoms with Crippen molar-refractivity contribution in [2.45, 2.75) is 6.36 Å². The lowest BCUT2D eigenvalue weighted by atomic mass is 10.1. The number of benzene rings is 1. The fraction of sp³-hybridized carbons (Fsp3) is 0.182. The van der Waals surface area contributed by atoms with Gasteiger partial charge < -0.3 is 10.5 Å². The summed E-state index contributed by atoms with van der Waals surface area (Å²) in [5.41, 5.74) is 7.33. The lowest BCUT2D eigenvalue weighted by molar-refractivity contribution is -0.274. The van der Waals surface area contributed by atoms with E-state index in [1.165, 1.54) is 28.9 Å². The summed E-state index contributed by atoms with van der Waals surface area (Å²) in [6.45, 7) is 0. The van der Waals surface area contributed by atoms with Gasteiger partial charge in [0.15, 0.2) is 0 Å². The molecule has 0 spiro atoms. The highest BCUT2D eigenvalue weighted by Gasteiger charge is 2.31. The van der Waals surface area contributed by atoms with Gasteiger partial charge in [0.05, 0.1) is 5.69 Å². The van der Waals surface area contributed by atoms with E-state index in [0.29, 0.717) is 16.9 Å². The fourth-order valence-electron chi connectivity index (χ4n) is 1.55. The molecule has 0 saturated heterocycles. The lowest BCUT2D eigenvalue weighted by Gasteiger charge is -2.08. The summed E-state index contributed by atoms with van der Waals surface area (Å²) < 4.78 is 41.2. The van der Waals surface area contributed by atoms with E-state index in [2.05, 4.69) is 9.84 Å². The Labute approximate surface area is 101 Å². The molecule has 0 aliphatic rings. The molecule has 7 heteroatoms. The number of hydrogen-bond donors (Lipinski definition) is 1. The first-order chi connectivity index (χ1) is 8.35. The van der Waals surface area contributed by atoms with Crippen LogP contribution in [0.4, 0.5) is 18.9 Å². The summed E-state index contributed by atoms with van der Waals surface area (Å²) in [6, 6.07) is 5.38. The third kappa shape index (κ3) is 2.73. The highest BCUT2D eigenvalue weighted by Crippen LogP contribution is 2.28. The van der Waals surface area contributed by atoms with Crippen LogP contribution in [0.15, 0.2) is 30.5 Å². The molecule has 0 unspecified atom stereocenters. The minimum Gasteiger partial charge on any atom is -0.406 e. The number of aryl methyl sites for hydroxylation is 1. The van der Waals surface area contributed by atoms with Crippen molar-refractivity contribution in [1.29, 1.82) is 0 Å². The summed E-state index contributed by atoms with van der Waals surface area (Å²) in [5, 5.41) is 4.11. The molecule has 0 bridgehead atoms. The van der Waals surface area contributed by atoms with E-state index in [4.69, 9.17) is 5.73 Å². The van der Waals surface area contributed by atoms with Crippen LogP contribution >= 0.6 is 0 Å². The van der Waals surface area contributed by atoms with Crippen LogP contribution in [0.2, 0.25) is 0 Å². The number of rotatable bonds is 2. The first-order valence-corrected chi connectivity index (χ1v) is 5.00. The van der Waals surface area contributed by atoms with Crippen LogP contribution in [0.5, 0.6) is 5.75 Å². The highest BCUT2D eigenvalue weighted by atomic mass is 19.4. The predicted octanol–water partition coefficient (Wildman–Crippen LogP) is 2.57. The van der Waals surface area contributed by atoms with Gasteiger partial charge in [0.1, 0.15) is 11.4 Å². The zero-order valence-electron chi connectivity index (χ0n) is 9.40. The van der Waals surface area contributed by atoms with E-state index in [0.717, 1.165) is 0 Å². The molecule has 0 fully saturated rings. The standard InChI is InChI=1S/C11H10F3N3O/c1-17-6-9(15)10(16-17)7-2-4-8(5-3-7)18-11(12,13)14/h2-6H,15H2,1H3. The predicted molar refractivity (Wildman–Crippen MR) is 59.7 cm³/mol. The number of hydrogen-bond acceptors (Lipinski definition) is 3. The highest BCUT2D eigenvalue weighted by molar-refractivity contribution is 5.72. The Hall–Kier alpha value is -2.18. The summed E-state index contributed by atoms with van der Waals surface area (Å²) in [5.74, 6) is -0.277. The molecule has 1 heterocycles. The minimum absolute atomic E-state index is 0.277. The maximum atomic E-state index is 12.0. The molecule has 2 rings (SSSR count). The van der Waals surface area contributed by atoms with Crippen LogP contribution in [0.3, 0.4) is 0 Å². The quantitative estimate of drug-likeness (QED) is 0.899. The molecule has 0 atom stereocenters. The number of aromatic nitrogens is 2. The number of nitrogens with two attached hydrogens (primary N) is 1. The topological polar surface area (TPSA) is 53.1 Å². The molecule has 0 aliphatic heterocycles. The molecule has 2 aromatic rings. The molecule has 0 saturated carbocycles. The molecule has 18 heavy (non-hydrogen) atoms. The Bertz CT molecular complexity index is 546. The van der Waals surface area contributed by atoms with Gasteiger partial charge in [0, 0.05) is 18.8 Å². The summed E-state index contributed by atoms with van der Waals surface area (Å²) in [4.78, 5) is 0. The van der Waals surface area contributed by atoms with Gasteiger partial charge in [-0.2, -0.15) is 5.10 Å². The van der Waals surface area contributed by atoms with Gasteiger partial charge in [0.25, 0.3) is 0 Å². The molecular formula is C11H10F3N3O. The molecule has 2 N–H and O–H groups in total. The first kappa shape index (κ1) is 12.3. The van der Waals surface area contributed by atoms with Crippen LogP contribution < -0.4 is 10.5 Å². The van der Waals surface area contributed by atoms with Crippen molar-refractivity contribution in [2.75, 3.05) is 5.73 Å². The Morgan fingerprint density at radius 3 is 2.28 bits per heavy atom. The second-order valence-corrected chi connectivity index (χ2v) is 3.68. The van der Waals surface area contributed by atoms with Gasteiger partial charge in [0.2, 0.25) is 0 Å². The Kier molecular flexibility index (Phi) is 2.90. The number of nitrogens with zero attached hydrogens (tertiary/aromatic N) is 2. The van der Waals surface area contributed by atoms with Gasteiger partial charge in [-0.3, -0.25) is 4.68 Å². The first-order valence-electron chi connectivity index (χ1n) is 5.00. The van der Waals surface area contributed by atoms with E-state index in [1.807, 2.05) is 0 Å². The zero-order valence-corrected chi connectivity index (χ0v) is 9.40. The number of nitrogen functional groups attached to an aromatic ring is 1. The molecule has 0 radical (unpaired) electrons. The van der Waals surface area contributed by atoms with Crippen molar-refractivity contribution < 1.29 is 17.9 Å². The van der Waals surface area contributed by atoms with E-state index < -0.39 is 6.36 Å². The zero-order chi connectivity index (χ0) is 13.3. The summed E-state index contributed by atoms with van der Waals surface area (Å²) >= 11 is 0. The van der Waals surface area contributed by atoms with Crippen LogP contribution in [-0.4, -0.2) is 16.1 Å². The number of alkyl halides is 3. The van der Waals surface area contributed by atoms with Crippen molar-refractivity contribution in [3.8, 4) is 17.0 Å². The Morgan fingerprint density at radius 1 is 1.22 bits per heavy atom. The smallest absolute Gasteiger partial charge is 0.406 e. The Balaban J connectivity index is 2.25. The van der Waals surface area contributed by atoms with Gasteiger partial charge in [-0.25, -0.2) is 0 Å². The summed E-state index contributed by atoms with van der Waals surface area (Å²) in [7, 11) is 1.71. The van der Waals surface area contributed by atoms with Crippen molar-refractivity contribution >= 4 is 5.69 Å².